The molecule has 5 heteroatoms. The summed E-state index contributed by atoms with van der Waals surface area (Å²) < 4.78 is 25.9. The summed E-state index contributed by atoms with van der Waals surface area (Å²) in [5.41, 5.74) is -0.276. The lowest BCUT2D eigenvalue weighted by Crippen LogP contribution is -2.14. The van der Waals surface area contributed by atoms with Gasteiger partial charge in [-0.3, -0.25) is 0 Å². The molecule has 0 aliphatic carbocycles. The van der Waals surface area contributed by atoms with E-state index in [-0.39, 0.29) is 11.6 Å². The normalized spacial score (nSPS) is 12.9. The predicted molar refractivity (Wildman–Crippen MR) is 57.1 cm³/mol. The smallest absolute Gasteiger partial charge is 0.287 e. The fraction of sp³-hybridized carbons (Fsp3) is 0.455. The Morgan fingerprint density at radius 2 is 2.25 bits per heavy atom. The molecule has 1 heterocycles. The lowest BCUT2D eigenvalue weighted by atomic mass is 10.2. The molecule has 1 N–H and O–H groups in total. The highest BCUT2D eigenvalue weighted by Gasteiger charge is 2.26. The number of nitrogens with zero attached hydrogens (tertiary/aromatic N) is 2. The molecule has 0 saturated carbocycles. The molecule has 0 spiro atoms. The van der Waals surface area contributed by atoms with Gasteiger partial charge in [0.05, 0.1) is 12.0 Å². The van der Waals surface area contributed by atoms with Crippen LogP contribution in [0, 0.1) is 17.2 Å². The van der Waals surface area contributed by atoms with Crippen LogP contribution in [0.5, 0.6) is 0 Å². The van der Waals surface area contributed by atoms with Gasteiger partial charge in [-0.15, -0.1) is 0 Å². The molecule has 3 nitrogen and oxygen atoms in total. The van der Waals surface area contributed by atoms with Crippen LogP contribution in [0.1, 0.15) is 19.5 Å². The Hall–Kier alpha value is -1.70. The number of pyridine rings is 1. The predicted octanol–water partition coefficient (Wildman–Crippen LogP) is 2.76. The van der Waals surface area contributed by atoms with Crippen molar-refractivity contribution in [2.75, 3.05) is 11.9 Å². The largest absolute Gasteiger partial charge is 0.369 e. The number of hydrogen-bond acceptors (Lipinski definition) is 3. The number of rotatable bonds is 4. The van der Waals surface area contributed by atoms with Crippen molar-refractivity contribution in [3.63, 3.8) is 0 Å². The minimum atomic E-state index is -2.95. The molecule has 0 saturated heterocycles. The summed E-state index contributed by atoms with van der Waals surface area (Å²) in [6.07, 6.45) is 0. The van der Waals surface area contributed by atoms with Crippen molar-refractivity contribution in [2.24, 2.45) is 5.92 Å². The first-order chi connectivity index (χ1) is 7.43. The van der Waals surface area contributed by atoms with E-state index in [0.29, 0.717) is 12.4 Å². The molecule has 0 radical (unpaired) electrons. The molecule has 1 atom stereocenters. The quantitative estimate of drug-likeness (QED) is 0.857. The SMILES string of the molecule is CC(C#N)CNc1cccc(C(C)(F)F)n1. The van der Waals surface area contributed by atoms with Crippen LogP contribution in [0.3, 0.4) is 0 Å². The van der Waals surface area contributed by atoms with Crippen molar-refractivity contribution in [3.8, 4) is 6.07 Å². The third-order valence-electron chi connectivity index (χ3n) is 2.01. The molecule has 0 aromatic carbocycles. The van der Waals surface area contributed by atoms with Gasteiger partial charge in [-0.25, -0.2) is 4.98 Å². The number of nitriles is 1. The Bertz CT molecular complexity index is 393. The Morgan fingerprint density at radius 1 is 1.56 bits per heavy atom. The zero-order chi connectivity index (χ0) is 12.2. The fourth-order valence-electron chi connectivity index (χ4n) is 1.08. The summed E-state index contributed by atoms with van der Waals surface area (Å²) in [7, 11) is 0. The topological polar surface area (TPSA) is 48.7 Å². The minimum Gasteiger partial charge on any atom is -0.369 e. The summed E-state index contributed by atoms with van der Waals surface area (Å²) in [6.45, 7) is 2.94. The third-order valence-corrected chi connectivity index (χ3v) is 2.01. The van der Waals surface area contributed by atoms with Gasteiger partial charge < -0.3 is 5.32 Å². The Balaban J connectivity index is 2.73. The summed E-state index contributed by atoms with van der Waals surface area (Å²) in [5, 5.41) is 11.4. The first kappa shape index (κ1) is 12.4. The molecule has 0 amide bonds. The number of halogens is 2. The Labute approximate surface area is 93.1 Å². The molecule has 0 bridgehead atoms. The molecule has 0 fully saturated rings. The van der Waals surface area contributed by atoms with Gasteiger partial charge in [0.2, 0.25) is 0 Å². The van der Waals surface area contributed by atoms with Crippen LogP contribution in [-0.2, 0) is 5.92 Å². The van der Waals surface area contributed by atoms with Gasteiger partial charge in [-0.05, 0) is 19.1 Å². The van der Waals surface area contributed by atoms with Gasteiger partial charge >= 0.3 is 0 Å². The van der Waals surface area contributed by atoms with E-state index in [1.54, 1.807) is 13.0 Å². The minimum absolute atomic E-state index is 0.187. The monoisotopic (exact) mass is 225 g/mol. The van der Waals surface area contributed by atoms with Gasteiger partial charge in [0.15, 0.2) is 0 Å². The number of alkyl halides is 2. The summed E-state index contributed by atoms with van der Waals surface area (Å²) in [5.74, 6) is -2.77. The number of aromatic nitrogens is 1. The third kappa shape index (κ3) is 3.46. The average Bonchev–Trinajstić information content (AvgIpc) is 2.25. The van der Waals surface area contributed by atoms with E-state index in [0.717, 1.165) is 6.92 Å². The van der Waals surface area contributed by atoms with E-state index in [9.17, 15) is 8.78 Å². The van der Waals surface area contributed by atoms with E-state index in [1.807, 2.05) is 6.07 Å². The summed E-state index contributed by atoms with van der Waals surface area (Å²) in [6, 6.07) is 6.43. The van der Waals surface area contributed by atoms with Crippen molar-refractivity contribution in [1.82, 2.24) is 4.98 Å². The molecule has 86 valence electrons. The maximum atomic E-state index is 13.0. The molecule has 1 aromatic rings. The Kier molecular flexibility index (Phi) is 3.78. The molecule has 1 rings (SSSR count). The highest BCUT2D eigenvalue weighted by Crippen LogP contribution is 2.25. The second-order valence-corrected chi connectivity index (χ2v) is 3.71. The Morgan fingerprint density at radius 3 is 2.81 bits per heavy atom. The van der Waals surface area contributed by atoms with Crippen LogP contribution < -0.4 is 5.32 Å². The summed E-state index contributed by atoms with van der Waals surface area (Å²) >= 11 is 0. The van der Waals surface area contributed by atoms with Crippen molar-refractivity contribution < 1.29 is 8.78 Å². The van der Waals surface area contributed by atoms with Crippen LogP contribution in [0.2, 0.25) is 0 Å². The fourth-order valence-corrected chi connectivity index (χ4v) is 1.08. The van der Waals surface area contributed by atoms with E-state index in [2.05, 4.69) is 10.3 Å². The number of hydrogen-bond donors (Lipinski definition) is 1. The maximum Gasteiger partial charge on any atom is 0.287 e. The average molecular weight is 225 g/mol. The van der Waals surface area contributed by atoms with Gasteiger partial charge in [-0.2, -0.15) is 14.0 Å². The van der Waals surface area contributed by atoms with Crippen LogP contribution in [-0.4, -0.2) is 11.5 Å². The number of anilines is 1. The van der Waals surface area contributed by atoms with Crippen molar-refractivity contribution >= 4 is 5.82 Å². The van der Waals surface area contributed by atoms with E-state index >= 15 is 0 Å². The van der Waals surface area contributed by atoms with E-state index in [4.69, 9.17) is 5.26 Å². The molecular formula is C11H13F2N3. The van der Waals surface area contributed by atoms with Gasteiger partial charge in [0.1, 0.15) is 11.5 Å². The zero-order valence-corrected chi connectivity index (χ0v) is 9.17. The number of nitrogens with one attached hydrogen (secondary N) is 1. The highest BCUT2D eigenvalue weighted by atomic mass is 19.3. The first-order valence-electron chi connectivity index (χ1n) is 4.92. The van der Waals surface area contributed by atoms with Gasteiger partial charge in [0.25, 0.3) is 5.92 Å². The second kappa shape index (κ2) is 4.88. The van der Waals surface area contributed by atoms with Crippen LogP contribution in [0.4, 0.5) is 14.6 Å². The van der Waals surface area contributed by atoms with Gasteiger partial charge in [-0.1, -0.05) is 6.07 Å². The standard InChI is InChI=1S/C11H13F2N3/c1-8(6-14)7-15-10-5-3-4-9(16-10)11(2,12)13/h3-5,8H,7H2,1-2H3,(H,15,16). The highest BCUT2D eigenvalue weighted by molar-refractivity contribution is 5.36. The van der Waals surface area contributed by atoms with Crippen LogP contribution >= 0.6 is 0 Å². The molecule has 1 aromatic heterocycles. The van der Waals surface area contributed by atoms with Crippen molar-refractivity contribution in [2.45, 2.75) is 19.8 Å². The molecular weight excluding hydrogens is 212 g/mol. The lowest BCUT2D eigenvalue weighted by molar-refractivity contribution is 0.0129. The second-order valence-electron chi connectivity index (χ2n) is 3.71. The molecule has 16 heavy (non-hydrogen) atoms. The zero-order valence-electron chi connectivity index (χ0n) is 9.17. The molecule has 0 aliphatic rings. The van der Waals surface area contributed by atoms with Gasteiger partial charge in [0, 0.05) is 13.5 Å². The van der Waals surface area contributed by atoms with Crippen molar-refractivity contribution in [3.05, 3.63) is 23.9 Å². The first-order valence-corrected chi connectivity index (χ1v) is 4.92. The van der Waals surface area contributed by atoms with Crippen molar-refractivity contribution in [1.29, 1.82) is 5.26 Å². The van der Waals surface area contributed by atoms with E-state index in [1.165, 1.54) is 12.1 Å². The lowest BCUT2D eigenvalue weighted by Gasteiger charge is -2.12. The van der Waals surface area contributed by atoms with Crippen LogP contribution in [0.25, 0.3) is 0 Å². The van der Waals surface area contributed by atoms with Crippen LogP contribution in [0.15, 0.2) is 18.2 Å². The summed E-state index contributed by atoms with van der Waals surface area (Å²) in [4.78, 5) is 3.78. The molecule has 0 aliphatic heterocycles. The maximum absolute atomic E-state index is 13.0. The molecule has 1 unspecified atom stereocenters. The van der Waals surface area contributed by atoms with E-state index < -0.39 is 5.92 Å².